The minimum absolute atomic E-state index is 0.404. The van der Waals surface area contributed by atoms with Crippen molar-refractivity contribution in [1.29, 1.82) is 0 Å². The number of nitrogens with two attached hydrogens (primary N) is 1. The van der Waals surface area contributed by atoms with Gasteiger partial charge in [0.25, 0.3) is 0 Å². The maximum absolute atomic E-state index is 6.36. The Hall–Kier alpha value is -0.860. The van der Waals surface area contributed by atoms with Gasteiger partial charge in [0.15, 0.2) is 0 Å². The van der Waals surface area contributed by atoms with E-state index in [0.29, 0.717) is 12.0 Å². The molecule has 3 atom stereocenters. The predicted octanol–water partition coefficient (Wildman–Crippen LogP) is 4.60. The van der Waals surface area contributed by atoms with E-state index in [0.717, 1.165) is 5.92 Å². The first-order valence-corrected chi connectivity index (χ1v) is 8.36. The van der Waals surface area contributed by atoms with Gasteiger partial charge in [0, 0.05) is 10.7 Å². The van der Waals surface area contributed by atoms with Gasteiger partial charge in [-0.05, 0) is 59.9 Å². The van der Waals surface area contributed by atoms with E-state index in [9.17, 15) is 0 Å². The van der Waals surface area contributed by atoms with Crippen LogP contribution in [0.1, 0.15) is 38.2 Å². The number of rotatable bonds is 3. The minimum atomic E-state index is 0.404. The van der Waals surface area contributed by atoms with E-state index in [1.165, 1.54) is 47.8 Å². The molecule has 3 rings (SSSR count). The van der Waals surface area contributed by atoms with Crippen molar-refractivity contribution in [2.24, 2.45) is 17.6 Å². The van der Waals surface area contributed by atoms with E-state index in [4.69, 9.17) is 5.73 Å². The molecule has 0 radical (unpaired) electrons. The number of benzene rings is 1. The SMILES string of the molecule is CCC1CCC(N)C(Cc2csc3ccccc23)C1. The van der Waals surface area contributed by atoms with Crippen LogP contribution in [0.15, 0.2) is 29.6 Å². The summed E-state index contributed by atoms with van der Waals surface area (Å²) < 4.78 is 1.41. The lowest BCUT2D eigenvalue weighted by Crippen LogP contribution is -2.37. The van der Waals surface area contributed by atoms with Gasteiger partial charge in [0.2, 0.25) is 0 Å². The van der Waals surface area contributed by atoms with Crippen LogP contribution in [-0.4, -0.2) is 6.04 Å². The molecule has 1 heterocycles. The molecule has 1 fully saturated rings. The van der Waals surface area contributed by atoms with Crippen molar-refractivity contribution in [3.05, 3.63) is 35.2 Å². The Morgan fingerprint density at radius 1 is 1.26 bits per heavy atom. The molecule has 1 aromatic heterocycles. The summed E-state index contributed by atoms with van der Waals surface area (Å²) in [6, 6.07) is 9.16. The average molecular weight is 273 g/mol. The molecule has 102 valence electrons. The second kappa shape index (κ2) is 5.64. The van der Waals surface area contributed by atoms with Crippen molar-refractivity contribution >= 4 is 21.4 Å². The fraction of sp³-hybridized carbons (Fsp3) is 0.529. The molecule has 2 aromatic rings. The van der Waals surface area contributed by atoms with Crippen LogP contribution in [0.3, 0.4) is 0 Å². The first kappa shape index (κ1) is 13.1. The fourth-order valence-corrected chi connectivity index (χ4v) is 4.44. The first-order chi connectivity index (χ1) is 9.28. The highest BCUT2D eigenvalue weighted by Crippen LogP contribution is 2.35. The van der Waals surface area contributed by atoms with Crippen LogP contribution in [0.2, 0.25) is 0 Å². The second-order valence-corrected chi connectivity index (χ2v) is 6.88. The largest absolute Gasteiger partial charge is 0.327 e. The van der Waals surface area contributed by atoms with E-state index in [2.05, 4.69) is 36.6 Å². The summed E-state index contributed by atoms with van der Waals surface area (Å²) in [5.74, 6) is 1.58. The fourth-order valence-electron chi connectivity index (χ4n) is 3.46. The van der Waals surface area contributed by atoms with Gasteiger partial charge in [-0.2, -0.15) is 0 Å². The summed E-state index contributed by atoms with van der Waals surface area (Å²) in [6.45, 7) is 2.32. The van der Waals surface area contributed by atoms with Crippen LogP contribution in [0, 0.1) is 11.8 Å². The molecule has 1 saturated carbocycles. The number of thiophene rings is 1. The van der Waals surface area contributed by atoms with Crippen molar-refractivity contribution < 1.29 is 0 Å². The summed E-state index contributed by atoms with van der Waals surface area (Å²) in [5, 5.41) is 3.78. The molecule has 0 bridgehead atoms. The molecule has 0 aliphatic heterocycles. The van der Waals surface area contributed by atoms with Crippen LogP contribution in [0.4, 0.5) is 0 Å². The highest BCUT2D eigenvalue weighted by Gasteiger charge is 2.27. The summed E-state index contributed by atoms with van der Waals surface area (Å²) in [4.78, 5) is 0. The molecule has 2 N–H and O–H groups in total. The van der Waals surface area contributed by atoms with E-state index in [1.807, 2.05) is 11.3 Å². The number of hydrogen-bond donors (Lipinski definition) is 1. The molecule has 2 heteroatoms. The van der Waals surface area contributed by atoms with Gasteiger partial charge in [0.1, 0.15) is 0 Å². The maximum atomic E-state index is 6.36. The predicted molar refractivity (Wildman–Crippen MR) is 84.6 cm³/mol. The lowest BCUT2D eigenvalue weighted by atomic mass is 9.75. The van der Waals surface area contributed by atoms with Crippen molar-refractivity contribution in [3.8, 4) is 0 Å². The van der Waals surface area contributed by atoms with Crippen molar-refractivity contribution in [1.82, 2.24) is 0 Å². The smallest absolute Gasteiger partial charge is 0.0345 e. The molecule has 1 aliphatic carbocycles. The maximum Gasteiger partial charge on any atom is 0.0345 e. The molecule has 1 aliphatic rings. The van der Waals surface area contributed by atoms with E-state index >= 15 is 0 Å². The Balaban J connectivity index is 1.80. The third kappa shape index (κ3) is 2.70. The van der Waals surface area contributed by atoms with Crippen molar-refractivity contribution in [2.45, 2.75) is 45.1 Å². The highest BCUT2D eigenvalue weighted by atomic mass is 32.1. The molecular weight excluding hydrogens is 250 g/mol. The van der Waals surface area contributed by atoms with Crippen LogP contribution < -0.4 is 5.73 Å². The summed E-state index contributed by atoms with van der Waals surface area (Å²) in [7, 11) is 0. The highest BCUT2D eigenvalue weighted by molar-refractivity contribution is 7.17. The Kier molecular flexibility index (Phi) is 3.90. The monoisotopic (exact) mass is 273 g/mol. The van der Waals surface area contributed by atoms with Crippen molar-refractivity contribution in [2.75, 3.05) is 0 Å². The standard InChI is InChI=1S/C17H23NS/c1-2-12-7-8-16(18)13(9-12)10-14-11-19-17-6-4-3-5-15(14)17/h3-6,11-13,16H,2,7-10,18H2,1H3. The molecule has 1 aromatic carbocycles. The Labute approximate surface area is 119 Å². The Morgan fingerprint density at radius 3 is 2.95 bits per heavy atom. The van der Waals surface area contributed by atoms with Gasteiger partial charge in [-0.25, -0.2) is 0 Å². The van der Waals surface area contributed by atoms with E-state index < -0.39 is 0 Å². The van der Waals surface area contributed by atoms with Gasteiger partial charge in [-0.1, -0.05) is 31.5 Å². The molecule has 1 nitrogen and oxygen atoms in total. The zero-order chi connectivity index (χ0) is 13.2. The first-order valence-electron chi connectivity index (χ1n) is 7.48. The minimum Gasteiger partial charge on any atom is -0.327 e. The van der Waals surface area contributed by atoms with E-state index in [1.54, 1.807) is 0 Å². The van der Waals surface area contributed by atoms with Gasteiger partial charge >= 0.3 is 0 Å². The number of fused-ring (bicyclic) bond motifs is 1. The van der Waals surface area contributed by atoms with Gasteiger partial charge < -0.3 is 5.73 Å². The quantitative estimate of drug-likeness (QED) is 0.869. The second-order valence-electron chi connectivity index (χ2n) is 5.97. The summed E-state index contributed by atoms with van der Waals surface area (Å²) >= 11 is 1.87. The van der Waals surface area contributed by atoms with E-state index in [-0.39, 0.29) is 0 Å². The van der Waals surface area contributed by atoms with Crippen LogP contribution in [0.5, 0.6) is 0 Å². The topological polar surface area (TPSA) is 26.0 Å². The van der Waals surface area contributed by atoms with Crippen molar-refractivity contribution in [3.63, 3.8) is 0 Å². The van der Waals surface area contributed by atoms with Crippen LogP contribution >= 0.6 is 11.3 Å². The molecule has 0 amide bonds. The molecular formula is C17H23NS. The lowest BCUT2D eigenvalue weighted by Gasteiger charge is -2.33. The Morgan fingerprint density at radius 2 is 2.11 bits per heavy atom. The summed E-state index contributed by atoms with van der Waals surface area (Å²) in [6.07, 6.45) is 6.35. The zero-order valence-electron chi connectivity index (χ0n) is 11.6. The summed E-state index contributed by atoms with van der Waals surface area (Å²) in [5.41, 5.74) is 7.87. The molecule has 0 saturated heterocycles. The van der Waals surface area contributed by atoms with Crippen LogP contribution in [0.25, 0.3) is 10.1 Å². The normalized spacial score (nSPS) is 27.8. The van der Waals surface area contributed by atoms with Gasteiger partial charge in [-0.3, -0.25) is 0 Å². The third-order valence-electron chi connectivity index (χ3n) is 4.77. The van der Waals surface area contributed by atoms with Gasteiger partial charge in [-0.15, -0.1) is 11.3 Å². The average Bonchev–Trinajstić information content (AvgIpc) is 2.85. The van der Waals surface area contributed by atoms with Gasteiger partial charge in [0.05, 0.1) is 0 Å². The lowest BCUT2D eigenvalue weighted by molar-refractivity contribution is 0.227. The van der Waals surface area contributed by atoms with Crippen LogP contribution in [-0.2, 0) is 6.42 Å². The third-order valence-corrected chi connectivity index (χ3v) is 5.78. The Bertz CT molecular complexity index is 545. The zero-order valence-corrected chi connectivity index (χ0v) is 12.5. The molecule has 19 heavy (non-hydrogen) atoms. The molecule has 3 unspecified atom stereocenters. The number of hydrogen-bond acceptors (Lipinski definition) is 2. The molecule has 0 spiro atoms.